The molecule has 1 aliphatic carbocycles. The standard InChI is InChI=1S/C15H18O3S/c1-11(16)12-5-3-4-6-13(12)19-10-15(7-8-15)9-14(17)18-2/h3-6H,7-10H2,1-2H3. The molecule has 0 aliphatic heterocycles. The highest BCUT2D eigenvalue weighted by molar-refractivity contribution is 7.99. The van der Waals surface area contributed by atoms with Gasteiger partial charge >= 0.3 is 5.97 Å². The van der Waals surface area contributed by atoms with Crippen LogP contribution in [0.2, 0.25) is 0 Å². The fourth-order valence-corrected chi connectivity index (χ4v) is 3.44. The van der Waals surface area contributed by atoms with Crippen molar-refractivity contribution in [1.29, 1.82) is 0 Å². The molecule has 2 rings (SSSR count). The van der Waals surface area contributed by atoms with E-state index in [1.54, 1.807) is 18.7 Å². The Labute approximate surface area is 117 Å². The zero-order valence-electron chi connectivity index (χ0n) is 11.3. The molecule has 0 saturated heterocycles. The Balaban J connectivity index is 1.99. The van der Waals surface area contributed by atoms with E-state index in [0.717, 1.165) is 29.1 Å². The van der Waals surface area contributed by atoms with Crippen molar-refractivity contribution in [2.75, 3.05) is 12.9 Å². The summed E-state index contributed by atoms with van der Waals surface area (Å²) < 4.78 is 4.74. The molecule has 0 atom stereocenters. The topological polar surface area (TPSA) is 43.4 Å². The number of Topliss-reactive ketones (excluding diaryl/α,β-unsaturated/α-hetero) is 1. The van der Waals surface area contributed by atoms with Crippen LogP contribution in [0.15, 0.2) is 29.2 Å². The fraction of sp³-hybridized carbons (Fsp3) is 0.467. The van der Waals surface area contributed by atoms with Gasteiger partial charge in [0, 0.05) is 16.2 Å². The van der Waals surface area contributed by atoms with Crippen molar-refractivity contribution in [2.45, 2.75) is 31.1 Å². The number of hydrogen-bond donors (Lipinski definition) is 0. The predicted octanol–water partition coefficient (Wildman–Crippen LogP) is 3.32. The van der Waals surface area contributed by atoms with Crippen molar-refractivity contribution in [3.8, 4) is 0 Å². The van der Waals surface area contributed by atoms with Gasteiger partial charge in [0.25, 0.3) is 0 Å². The number of ether oxygens (including phenoxy) is 1. The summed E-state index contributed by atoms with van der Waals surface area (Å²) in [5.41, 5.74) is 0.850. The number of benzene rings is 1. The minimum atomic E-state index is -0.141. The van der Waals surface area contributed by atoms with Gasteiger partial charge in [-0.3, -0.25) is 9.59 Å². The van der Waals surface area contributed by atoms with Gasteiger partial charge in [-0.15, -0.1) is 11.8 Å². The van der Waals surface area contributed by atoms with Gasteiger partial charge < -0.3 is 4.74 Å². The van der Waals surface area contributed by atoms with Crippen LogP contribution >= 0.6 is 11.8 Å². The first kappa shape index (κ1) is 14.1. The zero-order chi connectivity index (χ0) is 13.9. The van der Waals surface area contributed by atoms with Gasteiger partial charge in [0.15, 0.2) is 5.78 Å². The molecule has 0 radical (unpaired) electrons. The Morgan fingerprint density at radius 3 is 2.58 bits per heavy atom. The van der Waals surface area contributed by atoms with Gasteiger partial charge in [-0.1, -0.05) is 18.2 Å². The zero-order valence-corrected chi connectivity index (χ0v) is 12.1. The minimum absolute atomic E-state index is 0.0842. The van der Waals surface area contributed by atoms with Crippen LogP contribution in [-0.2, 0) is 9.53 Å². The molecule has 3 nitrogen and oxygen atoms in total. The third-order valence-electron chi connectivity index (χ3n) is 3.50. The number of hydrogen-bond acceptors (Lipinski definition) is 4. The highest BCUT2D eigenvalue weighted by Crippen LogP contribution is 2.52. The van der Waals surface area contributed by atoms with E-state index < -0.39 is 0 Å². The lowest BCUT2D eigenvalue weighted by Gasteiger charge is -2.14. The normalized spacial score (nSPS) is 15.9. The molecule has 0 heterocycles. The van der Waals surface area contributed by atoms with Crippen LogP contribution < -0.4 is 0 Å². The van der Waals surface area contributed by atoms with Crippen LogP contribution in [0.25, 0.3) is 0 Å². The third-order valence-corrected chi connectivity index (χ3v) is 4.93. The van der Waals surface area contributed by atoms with E-state index in [4.69, 9.17) is 4.74 Å². The van der Waals surface area contributed by atoms with Gasteiger partial charge in [-0.25, -0.2) is 0 Å². The summed E-state index contributed by atoms with van der Waals surface area (Å²) in [6.45, 7) is 1.58. The summed E-state index contributed by atoms with van der Waals surface area (Å²) in [7, 11) is 1.43. The number of ketones is 1. The number of methoxy groups -OCH3 is 1. The van der Waals surface area contributed by atoms with Crippen LogP contribution in [0.4, 0.5) is 0 Å². The van der Waals surface area contributed by atoms with Crippen molar-refractivity contribution < 1.29 is 14.3 Å². The Morgan fingerprint density at radius 2 is 2.00 bits per heavy atom. The summed E-state index contributed by atoms with van der Waals surface area (Å²) >= 11 is 1.67. The second-order valence-electron chi connectivity index (χ2n) is 5.09. The summed E-state index contributed by atoms with van der Waals surface area (Å²) in [4.78, 5) is 23.9. The van der Waals surface area contributed by atoms with Crippen LogP contribution in [0.1, 0.15) is 36.5 Å². The summed E-state index contributed by atoms with van der Waals surface area (Å²) in [6.07, 6.45) is 2.62. The van der Waals surface area contributed by atoms with E-state index in [1.807, 2.05) is 24.3 Å². The molecule has 102 valence electrons. The fourth-order valence-electron chi connectivity index (χ4n) is 2.04. The molecule has 1 aromatic carbocycles. The molecule has 0 N–H and O–H groups in total. The van der Waals surface area contributed by atoms with Crippen molar-refractivity contribution in [2.24, 2.45) is 5.41 Å². The Hall–Kier alpha value is -1.29. The molecule has 1 aliphatic rings. The molecular formula is C15H18O3S. The Bertz CT molecular complexity index is 492. The van der Waals surface area contributed by atoms with E-state index in [-0.39, 0.29) is 17.2 Å². The first-order chi connectivity index (χ1) is 9.06. The monoisotopic (exact) mass is 278 g/mol. The molecule has 0 unspecified atom stereocenters. The molecule has 0 spiro atoms. The maximum atomic E-state index is 11.5. The minimum Gasteiger partial charge on any atom is -0.469 e. The number of carbonyl (C=O) groups excluding carboxylic acids is 2. The SMILES string of the molecule is COC(=O)CC1(CSc2ccccc2C(C)=O)CC1. The lowest BCUT2D eigenvalue weighted by Crippen LogP contribution is -2.13. The molecular weight excluding hydrogens is 260 g/mol. The molecule has 0 amide bonds. The molecule has 4 heteroatoms. The van der Waals surface area contributed by atoms with Crippen LogP contribution in [-0.4, -0.2) is 24.6 Å². The van der Waals surface area contributed by atoms with Gasteiger partial charge in [-0.05, 0) is 31.2 Å². The van der Waals surface area contributed by atoms with Gasteiger partial charge in [0.1, 0.15) is 0 Å². The van der Waals surface area contributed by atoms with Crippen LogP contribution in [0, 0.1) is 5.41 Å². The number of esters is 1. The molecule has 19 heavy (non-hydrogen) atoms. The second kappa shape index (κ2) is 5.78. The lowest BCUT2D eigenvalue weighted by molar-refractivity contribution is -0.141. The van der Waals surface area contributed by atoms with Crippen molar-refractivity contribution in [3.05, 3.63) is 29.8 Å². The van der Waals surface area contributed by atoms with E-state index in [0.29, 0.717) is 6.42 Å². The van der Waals surface area contributed by atoms with E-state index in [1.165, 1.54) is 7.11 Å². The molecule has 1 aromatic rings. The molecule has 1 saturated carbocycles. The third kappa shape index (κ3) is 3.60. The number of rotatable bonds is 6. The Morgan fingerprint density at radius 1 is 1.32 bits per heavy atom. The average molecular weight is 278 g/mol. The first-order valence-corrected chi connectivity index (χ1v) is 7.34. The smallest absolute Gasteiger partial charge is 0.306 e. The maximum absolute atomic E-state index is 11.5. The number of carbonyl (C=O) groups is 2. The lowest BCUT2D eigenvalue weighted by atomic mass is 10.1. The number of thioether (sulfide) groups is 1. The molecule has 1 fully saturated rings. The highest BCUT2D eigenvalue weighted by Gasteiger charge is 2.44. The van der Waals surface area contributed by atoms with Crippen LogP contribution in [0.5, 0.6) is 0 Å². The van der Waals surface area contributed by atoms with Crippen molar-refractivity contribution >= 4 is 23.5 Å². The summed E-state index contributed by atoms with van der Waals surface area (Å²) in [5, 5.41) is 0. The van der Waals surface area contributed by atoms with Gasteiger partial charge in [0.05, 0.1) is 13.5 Å². The summed E-state index contributed by atoms with van der Waals surface area (Å²) in [6, 6.07) is 7.64. The molecule has 0 aromatic heterocycles. The largest absolute Gasteiger partial charge is 0.469 e. The van der Waals surface area contributed by atoms with Crippen molar-refractivity contribution in [1.82, 2.24) is 0 Å². The van der Waals surface area contributed by atoms with E-state index in [2.05, 4.69) is 0 Å². The average Bonchev–Trinajstić information content (AvgIpc) is 3.16. The quantitative estimate of drug-likeness (QED) is 0.455. The predicted molar refractivity (Wildman–Crippen MR) is 75.5 cm³/mol. The van der Waals surface area contributed by atoms with Crippen LogP contribution in [0.3, 0.4) is 0 Å². The molecule has 0 bridgehead atoms. The Kier molecular flexibility index (Phi) is 4.30. The van der Waals surface area contributed by atoms with E-state index in [9.17, 15) is 9.59 Å². The summed E-state index contributed by atoms with van der Waals surface area (Å²) in [5.74, 6) is 0.811. The van der Waals surface area contributed by atoms with Crippen molar-refractivity contribution in [3.63, 3.8) is 0 Å². The second-order valence-corrected chi connectivity index (χ2v) is 6.11. The van der Waals surface area contributed by atoms with Gasteiger partial charge in [-0.2, -0.15) is 0 Å². The van der Waals surface area contributed by atoms with E-state index >= 15 is 0 Å². The first-order valence-electron chi connectivity index (χ1n) is 6.36. The highest BCUT2D eigenvalue weighted by atomic mass is 32.2. The van der Waals surface area contributed by atoms with Gasteiger partial charge in [0.2, 0.25) is 0 Å². The maximum Gasteiger partial charge on any atom is 0.306 e.